The van der Waals surface area contributed by atoms with Gasteiger partial charge in [-0.15, -0.1) is 0 Å². The average molecular weight is 446 g/mol. The molecule has 170 valence electrons. The first-order valence-electron chi connectivity index (χ1n) is 10.1. The maximum atomic E-state index is 10.3. The van der Waals surface area contributed by atoms with Crippen LogP contribution in [0.15, 0.2) is 78.9 Å². The lowest BCUT2D eigenvalue weighted by Crippen LogP contribution is -1.97. The number of ether oxygens (including phenoxy) is 3. The van der Waals surface area contributed by atoms with Crippen molar-refractivity contribution in [1.29, 1.82) is 0 Å². The van der Waals surface area contributed by atoms with E-state index >= 15 is 0 Å². The van der Waals surface area contributed by atoms with E-state index in [1.165, 1.54) is 25.3 Å². The lowest BCUT2D eigenvalue weighted by molar-refractivity contribution is -0.104. The molecule has 0 atom stereocenters. The third-order valence-electron chi connectivity index (χ3n) is 4.36. The Labute approximate surface area is 193 Å². The summed E-state index contributed by atoms with van der Waals surface area (Å²) in [6, 6.07) is 20.3. The van der Waals surface area contributed by atoms with Gasteiger partial charge >= 0.3 is 0 Å². The van der Waals surface area contributed by atoms with Gasteiger partial charge in [0.15, 0.2) is 23.0 Å². The lowest BCUT2D eigenvalue weighted by atomic mass is 10.2. The molecular formula is C27H26O6. The summed E-state index contributed by atoms with van der Waals surface area (Å²) in [5.41, 5.74) is 2.79. The SMILES string of the molecule is COc1cc(C=CC=O)ccc1O.COc1cc(C=CC=O)ccc1OCc1ccccc1. The smallest absolute Gasteiger partial charge is 0.161 e. The fraction of sp³-hybridized carbons (Fsp3) is 0.111. The van der Waals surface area contributed by atoms with Gasteiger partial charge in [-0.25, -0.2) is 0 Å². The molecule has 6 heteroatoms. The molecular weight excluding hydrogens is 420 g/mol. The number of carbonyl (C=O) groups excluding carboxylic acids is 2. The fourth-order valence-electron chi connectivity index (χ4n) is 2.74. The molecule has 0 saturated heterocycles. The molecule has 0 spiro atoms. The van der Waals surface area contributed by atoms with Gasteiger partial charge in [-0.3, -0.25) is 9.59 Å². The molecule has 0 aliphatic rings. The molecule has 0 aliphatic carbocycles. The van der Waals surface area contributed by atoms with E-state index in [-0.39, 0.29) is 5.75 Å². The van der Waals surface area contributed by atoms with Crippen molar-refractivity contribution in [2.75, 3.05) is 14.2 Å². The fourth-order valence-corrected chi connectivity index (χ4v) is 2.74. The summed E-state index contributed by atoms with van der Waals surface area (Å²) in [7, 11) is 3.07. The van der Waals surface area contributed by atoms with Crippen LogP contribution >= 0.6 is 0 Å². The van der Waals surface area contributed by atoms with Crippen LogP contribution in [0.5, 0.6) is 23.0 Å². The van der Waals surface area contributed by atoms with E-state index in [2.05, 4.69) is 0 Å². The Bertz CT molecular complexity index is 1090. The van der Waals surface area contributed by atoms with Crippen LogP contribution in [0.25, 0.3) is 12.2 Å². The Kier molecular flexibility index (Phi) is 10.5. The molecule has 1 N–H and O–H groups in total. The number of aromatic hydroxyl groups is 1. The van der Waals surface area contributed by atoms with Crippen molar-refractivity contribution in [2.24, 2.45) is 0 Å². The molecule has 0 unspecified atom stereocenters. The van der Waals surface area contributed by atoms with E-state index in [0.29, 0.717) is 30.1 Å². The standard InChI is InChI=1S/C17H16O3.C10H10O3/c1-19-17-12-14(8-5-11-18)9-10-16(17)20-13-15-6-3-2-4-7-15;1-13-10-7-8(3-2-6-11)4-5-9(10)12/h2-12H,13H2,1H3;2-7,12H,1H3. The number of hydrogen-bond acceptors (Lipinski definition) is 6. The van der Waals surface area contributed by atoms with Crippen LogP contribution in [-0.2, 0) is 16.2 Å². The third kappa shape index (κ3) is 8.38. The second-order valence-corrected chi connectivity index (χ2v) is 6.61. The van der Waals surface area contributed by atoms with Crippen molar-refractivity contribution in [3.8, 4) is 23.0 Å². The summed E-state index contributed by atoms with van der Waals surface area (Å²) in [6.07, 6.45) is 7.61. The molecule has 3 aromatic rings. The molecule has 6 nitrogen and oxygen atoms in total. The molecule has 0 amide bonds. The molecule has 0 heterocycles. The highest BCUT2D eigenvalue weighted by Gasteiger charge is 2.05. The highest BCUT2D eigenvalue weighted by molar-refractivity contribution is 5.75. The molecule has 33 heavy (non-hydrogen) atoms. The maximum Gasteiger partial charge on any atom is 0.161 e. The summed E-state index contributed by atoms with van der Waals surface area (Å²) in [5, 5.41) is 9.24. The second-order valence-electron chi connectivity index (χ2n) is 6.61. The first-order chi connectivity index (χ1) is 16.1. The van der Waals surface area contributed by atoms with Crippen molar-refractivity contribution >= 4 is 24.7 Å². The summed E-state index contributed by atoms with van der Waals surface area (Å²) in [4.78, 5) is 20.3. The predicted molar refractivity (Wildman–Crippen MR) is 129 cm³/mol. The Morgan fingerprint density at radius 3 is 1.88 bits per heavy atom. The minimum atomic E-state index is 0.0887. The van der Waals surface area contributed by atoms with Crippen LogP contribution in [0.4, 0.5) is 0 Å². The first-order valence-corrected chi connectivity index (χ1v) is 10.1. The zero-order valence-electron chi connectivity index (χ0n) is 18.5. The van der Waals surface area contributed by atoms with Crippen molar-refractivity contribution < 1.29 is 28.9 Å². The van der Waals surface area contributed by atoms with Gasteiger partial charge < -0.3 is 19.3 Å². The van der Waals surface area contributed by atoms with Crippen LogP contribution in [0.2, 0.25) is 0 Å². The van der Waals surface area contributed by atoms with Crippen molar-refractivity contribution in [3.05, 3.63) is 95.6 Å². The molecule has 0 aromatic heterocycles. The van der Waals surface area contributed by atoms with Crippen LogP contribution < -0.4 is 14.2 Å². The normalized spacial score (nSPS) is 10.4. The van der Waals surface area contributed by atoms with Crippen LogP contribution in [-0.4, -0.2) is 31.9 Å². The molecule has 3 rings (SSSR count). The van der Waals surface area contributed by atoms with Gasteiger partial charge in [0.25, 0.3) is 0 Å². The van der Waals surface area contributed by atoms with Gasteiger partial charge in [-0.1, -0.05) is 54.6 Å². The number of hydrogen-bond donors (Lipinski definition) is 1. The molecule has 3 aromatic carbocycles. The lowest BCUT2D eigenvalue weighted by Gasteiger charge is -2.11. The topological polar surface area (TPSA) is 82.1 Å². The minimum absolute atomic E-state index is 0.0887. The van der Waals surface area contributed by atoms with Gasteiger partial charge in [-0.2, -0.15) is 0 Å². The third-order valence-corrected chi connectivity index (χ3v) is 4.36. The number of aldehydes is 2. The number of allylic oxidation sites excluding steroid dienone is 2. The maximum absolute atomic E-state index is 10.3. The molecule has 0 fully saturated rings. The Hall–Kier alpha value is -4.32. The highest BCUT2D eigenvalue weighted by atomic mass is 16.5. The van der Waals surface area contributed by atoms with Crippen molar-refractivity contribution in [3.63, 3.8) is 0 Å². The van der Waals surface area contributed by atoms with Gasteiger partial charge in [0.1, 0.15) is 19.2 Å². The van der Waals surface area contributed by atoms with E-state index in [9.17, 15) is 14.7 Å². The zero-order valence-corrected chi connectivity index (χ0v) is 18.5. The number of carbonyl (C=O) groups is 2. The average Bonchev–Trinajstić information content (AvgIpc) is 2.87. The summed E-state index contributed by atoms with van der Waals surface area (Å²) in [5.74, 6) is 1.81. The summed E-state index contributed by atoms with van der Waals surface area (Å²) in [6.45, 7) is 0.487. The van der Waals surface area contributed by atoms with Gasteiger partial charge in [-0.05, 0) is 53.1 Å². The number of phenolic OH excluding ortho intramolecular Hbond substituents is 1. The predicted octanol–water partition coefficient (Wildman–Crippen LogP) is 5.10. The number of phenols is 1. The number of methoxy groups -OCH3 is 2. The highest BCUT2D eigenvalue weighted by Crippen LogP contribution is 2.29. The van der Waals surface area contributed by atoms with E-state index in [4.69, 9.17) is 14.2 Å². The Morgan fingerprint density at radius 2 is 1.30 bits per heavy atom. The summed E-state index contributed by atoms with van der Waals surface area (Å²) >= 11 is 0. The number of rotatable bonds is 9. The van der Waals surface area contributed by atoms with Crippen LogP contribution in [0.1, 0.15) is 16.7 Å². The molecule has 0 bridgehead atoms. The second kappa shape index (κ2) is 13.9. The Balaban J connectivity index is 0.000000257. The van der Waals surface area contributed by atoms with Crippen molar-refractivity contribution in [2.45, 2.75) is 6.61 Å². The summed E-state index contributed by atoms with van der Waals surface area (Å²) < 4.78 is 16.0. The largest absolute Gasteiger partial charge is 0.504 e. The molecule has 0 saturated carbocycles. The number of benzene rings is 3. The Morgan fingerprint density at radius 1 is 0.727 bits per heavy atom. The van der Waals surface area contributed by atoms with Gasteiger partial charge in [0, 0.05) is 0 Å². The van der Waals surface area contributed by atoms with E-state index in [1.54, 1.807) is 31.4 Å². The first kappa shape index (κ1) is 24.9. The zero-order chi connectivity index (χ0) is 23.9. The van der Waals surface area contributed by atoms with E-state index in [1.807, 2.05) is 48.5 Å². The van der Waals surface area contributed by atoms with Gasteiger partial charge in [0.05, 0.1) is 14.2 Å². The van der Waals surface area contributed by atoms with Crippen molar-refractivity contribution in [1.82, 2.24) is 0 Å². The minimum Gasteiger partial charge on any atom is -0.504 e. The van der Waals surface area contributed by atoms with Gasteiger partial charge in [0.2, 0.25) is 0 Å². The van der Waals surface area contributed by atoms with E-state index < -0.39 is 0 Å². The molecule has 0 aliphatic heterocycles. The monoisotopic (exact) mass is 446 g/mol. The molecule has 0 radical (unpaired) electrons. The van der Waals surface area contributed by atoms with E-state index in [0.717, 1.165) is 23.0 Å². The quantitative estimate of drug-likeness (QED) is 0.364. The van der Waals surface area contributed by atoms with Crippen LogP contribution in [0, 0.1) is 0 Å². The van der Waals surface area contributed by atoms with Crippen LogP contribution in [0.3, 0.4) is 0 Å².